The second-order valence-corrected chi connectivity index (χ2v) is 3.90. The van der Waals surface area contributed by atoms with Crippen molar-refractivity contribution in [3.8, 4) is 5.75 Å². The first kappa shape index (κ1) is 12.9. The third-order valence-electron chi connectivity index (χ3n) is 2.38. The number of rotatable bonds is 4. The fraction of sp³-hybridized carbons (Fsp3) is 0.364. The molecule has 1 rings (SSSR count). The van der Waals surface area contributed by atoms with Crippen molar-refractivity contribution in [2.24, 2.45) is 4.99 Å². The van der Waals surface area contributed by atoms with Gasteiger partial charge in [0.15, 0.2) is 0 Å². The molecule has 0 aliphatic carbocycles. The zero-order valence-electron chi connectivity index (χ0n) is 9.76. The van der Waals surface area contributed by atoms with Crippen LogP contribution in [0.2, 0.25) is 0 Å². The lowest BCUT2D eigenvalue weighted by atomic mass is 9.93. The highest BCUT2D eigenvalue weighted by molar-refractivity contribution is 5.49. The van der Waals surface area contributed by atoms with Crippen molar-refractivity contribution in [2.45, 2.75) is 19.4 Å². The number of benzene rings is 1. The molecule has 6 nitrogen and oxygen atoms in total. The number of hydrogen-bond acceptors (Lipinski definition) is 5. The van der Waals surface area contributed by atoms with Crippen molar-refractivity contribution in [1.29, 1.82) is 0 Å². The normalized spacial score (nSPS) is 10.5. The molecule has 0 atom stereocenters. The summed E-state index contributed by atoms with van der Waals surface area (Å²) in [6, 6.07) is 4.16. The van der Waals surface area contributed by atoms with Crippen molar-refractivity contribution in [3.05, 3.63) is 33.9 Å². The minimum atomic E-state index is -0.918. The fourth-order valence-electron chi connectivity index (χ4n) is 1.46. The van der Waals surface area contributed by atoms with E-state index in [-0.39, 0.29) is 5.69 Å². The number of ether oxygens (including phenoxy) is 1. The predicted molar refractivity (Wildman–Crippen MR) is 60.8 cm³/mol. The molecule has 6 heteroatoms. The highest BCUT2D eigenvalue weighted by Crippen LogP contribution is 2.35. The van der Waals surface area contributed by atoms with Crippen LogP contribution in [0.15, 0.2) is 23.2 Å². The molecule has 0 saturated heterocycles. The number of nitro benzene ring substituents is 1. The van der Waals surface area contributed by atoms with Crippen molar-refractivity contribution in [1.82, 2.24) is 0 Å². The average molecular weight is 236 g/mol. The van der Waals surface area contributed by atoms with E-state index in [1.165, 1.54) is 31.4 Å². The summed E-state index contributed by atoms with van der Waals surface area (Å²) in [7, 11) is 1.45. The van der Waals surface area contributed by atoms with Gasteiger partial charge in [0.05, 0.1) is 17.6 Å². The Morgan fingerprint density at radius 1 is 1.47 bits per heavy atom. The summed E-state index contributed by atoms with van der Waals surface area (Å²) in [6.45, 7) is 3.30. The van der Waals surface area contributed by atoms with Gasteiger partial charge in [-0.05, 0) is 19.9 Å². The molecule has 0 aromatic heterocycles. The maximum atomic E-state index is 10.7. The van der Waals surface area contributed by atoms with Crippen molar-refractivity contribution in [2.75, 3.05) is 7.11 Å². The van der Waals surface area contributed by atoms with Gasteiger partial charge in [-0.25, -0.2) is 4.79 Å². The van der Waals surface area contributed by atoms with E-state index < -0.39 is 10.5 Å². The molecule has 17 heavy (non-hydrogen) atoms. The standard InChI is InChI=1S/C11H12N2O4/c1-11(2,12-7-14)9-6-8(13(15)16)4-5-10(9)17-3/h4-6H,1-3H3. The van der Waals surface area contributed by atoms with Crippen LogP contribution < -0.4 is 4.74 Å². The molecule has 0 spiro atoms. The number of nitrogens with zero attached hydrogens (tertiary/aromatic N) is 2. The van der Waals surface area contributed by atoms with Gasteiger partial charge in [0.25, 0.3) is 5.69 Å². The molecule has 1 aromatic rings. The van der Waals surface area contributed by atoms with Gasteiger partial charge in [-0.3, -0.25) is 10.1 Å². The Balaban J connectivity index is 3.42. The first-order valence-electron chi connectivity index (χ1n) is 4.84. The molecule has 90 valence electrons. The Kier molecular flexibility index (Phi) is 3.60. The Morgan fingerprint density at radius 3 is 2.59 bits per heavy atom. The zero-order valence-corrected chi connectivity index (χ0v) is 9.76. The van der Waals surface area contributed by atoms with E-state index in [1.54, 1.807) is 13.8 Å². The van der Waals surface area contributed by atoms with Crippen LogP contribution in [0.3, 0.4) is 0 Å². The van der Waals surface area contributed by atoms with E-state index in [9.17, 15) is 14.9 Å². The number of carbonyl (C=O) groups excluding carboxylic acids is 1. The zero-order chi connectivity index (χ0) is 13.1. The summed E-state index contributed by atoms with van der Waals surface area (Å²) in [4.78, 5) is 24.2. The molecule has 0 aliphatic heterocycles. The van der Waals surface area contributed by atoms with Gasteiger partial charge < -0.3 is 4.74 Å². The molecular formula is C11H12N2O4. The van der Waals surface area contributed by atoms with Crippen LogP contribution in [0.4, 0.5) is 5.69 Å². The Bertz CT molecular complexity index is 490. The topological polar surface area (TPSA) is 81.8 Å². The first-order chi connectivity index (χ1) is 7.92. The van der Waals surface area contributed by atoms with Crippen LogP contribution in [0.25, 0.3) is 0 Å². The number of aliphatic imine (C=N–C) groups is 1. The lowest BCUT2D eigenvalue weighted by Crippen LogP contribution is -2.15. The van der Waals surface area contributed by atoms with E-state index in [0.29, 0.717) is 11.3 Å². The van der Waals surface area contributed by atoms with Gasteiger partial charge in [-0.15, -0.1) is 0 Å². The maximum Gasteiger partial charge on any atom is 0.270 e. The first-order valence-corrected chi connectivity index (χ1v) is 4.84. The van der Waals surface area contributed by atoms with Crippen molar-refractivity contribution < 1.29 is 14.5 Å². The highest BCUT2D eigenvalue weighted by atomic mass is 16.6. The number of non-ortho nitro benzene ring substituents is 1. The molecule has 0 saturated carbocycles. The van der Waals surface area contributed by atoms with E-state index in [1.807, 2.05) is 0 Å². The van der Waals surface area contributed by atoms with Crippen LogP contribution in [-0.2, 0) is 10.3 Å². The summed E-state index contributed by atoms with van der Waals surface area (Å²) >= 11 is 0. The van der Waals surface area contributed by atoms with Crippen molar-refractivity contribution >= 4 is 11.8 Å². The minimum Gasteiger partial charge on any atom is -0.496 e. The predicted octanol–water partition coefficient (Wildman–Crippen LogP) is 2.17. The van der Waals surface area contributed by atoms with E-state index in [4.69, 9.17) is 4.74 Å². The molecule has 0 amide bonds. The smallest absolute Gasteiger partial charge is 0.270 e. The molecule has 0 aliphatic rings. The van der Waals surface area contributed by atoms with Gasteiger partial charge in [-0.2, -0.15) is 4.99 Å². The summed E-state index contributed by atoms with van der Waals surface area (Å²) in [5.74, 6) is 0.444. The Hall–Kier alpha value is -2.20. The van der Waals surface area contributed by atoms with Crippen molar-refractivity contribution in [3.63, 3.8) is 0 Å². The number of isocyanates is 1. The molecule has 0 N–H and O–H groups in total. The van der Waals surface area contributed by atoms with Crippen LogP contribution >= 0.6 is 0 Å². The molecular weight excluding hydrogens is 224 g/mol. The lowest BCUT2D eigenvalue weighted by molar-refractivity contribution is -0.385. The minimum absolute atomic E-state index is 0.0741. The molecule has 0 fully saturated rings. The van der Waals surface area contributed by atoms with Gasteiger partial charge in [-0.1, -0.05) is 0 Å². The lowest BCUT2D eigenvalue weighted by Gasteiger charge is -2.20. The third-order valence-corrected chi connectivity index (χ3v) is 2.38. The number of hydrogen-bond donors (Lipinski definition) is 0. The fourth-order valence-corrected chi connectivity index (χ4v) is 1.46. The summed E-state index contributed by atoms with van der Waals surface area (Å²) in [5, 5.41) is 10.7. The summed E-state index contributed by atoms with van der Waals surface area (Å²) < 4.78 is 5.10. The van der Waals surface area contributed by atoms with Gasteiger partial charge >= 0.3 is 0 Å². The Labute approximate surface area is 98.1 Å². The van der Waals surface area contributed by atoms with Gasteiger partial charge in [0, 0.05) is 17.7 Å². The summed E-state index contributed by atoms with van der Waals surface area (Å²) in [6.07, 6.45) is 1.46. The van der Waals surface area contributed by atoms with Gasteiger partial charge in [0.1, 0.15) is 5.75 Å². The third kappa shape index (κ3) is 2.68. The SMILES string of the molecule is COc1ccc([N+](=O)[O-])cc1C(C)(C)N=C=O. The largest absolute Gasteiger partial charge is 0.496 e. The van der Waals surface area contributed by atoms with Crippen LogP contribution in [0.5, 0.6) is 5.75 Å². The second kappa shape index (κ2) is 4.76. The molecule has 0 heterocycles. The van der Waals surface area contributed by atoms with E-state index in [2.05, 4.69) is 4.99 Å². The Morgan fingerprint density at radius 2 is 2.12 bits per heavy atom. The maximum absolute atomic E-state index is 10.7. The van der Waals surface area contributed by atoms with E-state index in [0.717, 1.165) is 0 Å². The molecule has 1 aromatic carbocycles. The monoisotopic (exact) mass is 236 g/mol. The van der Waals surface area contributed by atoms with Crippen LogP contribution in [0.1, 0.15) is 19.4 Å². The number of nitro groups is 1. The molecule has 0 bridgehead atoms. The highest BCUT2D eigenvalue weighted by Gasteiger charge is 2.26. The molecule has 0 unspecified atom stereocenters. The quantitative estimate of drug-likeness (QED) is 0.347. The number of methoxy groups -OCH3 is 1. The van der Waals surface area contributed by atoms with E-state index >= 15 is 0 Å². The van der Waals surface area contributed by atoms with Crippen LogP contribution in [0, 0.1) is 10.1 Å². The second-order valence-electron chi connectivity index (χ2n) is 3.90. The summed E-state index contributed by atoms with van der Waals surface area (Å²) in [5.41, 5.74) is -0.522. The average Bonchev–Trinajstić information content (AvgIpc) is 2.28. The van der Waals surface area contributed by atoms with Gasteiger partial charge in [0.2, 0.25) is 6.08 Å². The van der Waals surface area contributed by atoms with Crippen LogP contribution in [-0.4, -0.2) is 18.1 Å². The molecule has 0 radical (unpaired) electrons.